The fourth-order valence-electron chi connectivity index (χ4n) is 4.24. The first-order valence-corrected chi connectivity index (χ1v) is 12.1. The molecule has 190 valence electrons. The van der Waals surface area contributed by atoms with Crippen LogP contribution in [0.25, 0.3) is 0 Å². The number of rotatable bonds is 6. The van der Waals surface area contributed by atoms with Gasteiger partial charge in [-0.3, -0.25) is 9.59 Å². The van der Waals surface area contributed by atoms with E-state index in [-0.39, 0.29) is 17.7 Å². The van der Waals surface area contributed by atoms with Crippen LogP contribution in [0.2, 0.25) is 0 Å². The molecule has 2 unspecified atom stereocenters. The maximum atomic E-state index is 13.7. The summed E-state index contributed by atoms with van der Waals surface area (Å²) in [5.41, 5.74) is -0.970. The lowest BCUT2D eigenvalue weighted by molar-refractivity contribution is -0.148. The summed E-state index contributed by atoms with van der Waals surface area (Å²) in [5, 5.41) is 15.8. The quantitative estimate of drug-likeness (QED) is 0.564. The number of nitrogens with one attached hydrogen (secondary N) is 2. The van der Waals surface area contributed by atoms with E-state index in [1.54, 1.807) is 39.8 Å². The largest absolute Gasteiger partial charge is 0.508 e. The number of carbonyl (C=O) groups excluding carboxylic acids is 3. The van der Waals surface area contributed by atoms with Gasteiger partial charge >= 0.3 is 6.09 Å². The summed E-state index contributed by atoms with van der Waals surface area (Å²) < 4.78 is 5.30. The summed E-state index contributed by atoms with van der Waals surface area (Å²) in [6.07, 6.45) is 4.36. The van der Waals surface area contributed by atoms with Crippen LogP contribution in [-0.2, 0) is 14.3 Å². The van der Waals surface area contributed by atoms with Gasteiger partial charge in [0.05, 0.1) is 0 Å². The third-order valence-corrected chi connectivity index (χ3v) is 5.71. The number of carbonyl (C=O) groups is 3. The van der Waals surface area contributed by atoms with Crippen LogP contribution >= 0.6 is 0 Å². The normalized spacial score (nSPS) is 16.8. The fourth-order valence-corrected chi connectivity index (χ4v) is 4.24. The number of ether oxygens (including phenoxy) is 1. The molecule has 34 heavy (non-hydrogen) atoms. The Hall–Kier alpha value is -2.77. The Bertz CT molecular complexity index is 866. The number of amides is 3. The zero-order valence-electron chi connectivity index (χ0n) is 21.6. The molecule has 8 heteroatoms. The van der Waals surface area contributed by atoms with Crippen molar-refractivity contribution in [1.29, 1.82) is 0 Å². The lowest BCUT2D eigenvalue weighted by atomic mass is 9.93. The molecule has 0 spiro atoms. The van der Waals surface area contributed by atoms with Crippen LogP contribution in [-0.4, -0.2) is 51.1 Å². The molecule has 0 aromatic heterocycles. The Kier molecular flexibility index (Phi) is 8.97. The molecule has 1 saturated carbocycles. The third-order valence-electron chi connectivity index (χ3n) is 5.71. The Morgan fingerprint density at radius 3 is 2.21 bits per heavy atom. The first-order valence-electron chi connectivity index (χ1n) is 12.1. The third kappa shape index (κ3) is 7.92. The lowest BCUT2D eigenvalue weighted by Gasteiger charge is -2.43. The molecule has 1 aliphatic rings. The Balaban J connectivity index is 2.39. The van der Waals surface area contributed by atoms with Gasteiger partial charge in [0.2, 0.25) is 11.8 Å². The lowest BCUT2D eigenvalue weighted by Crippen LogP contribution is -2.58. The van der Waals surface area contributed by atoms with E-state index in [1.807, 2.05) is 20.8 Å². The van der Waals surface area contributed by atoms with E-state index < -0.39 is 35.2 Å². The molecular weight excluding hydrogens is 434 g/mol. The van der Waals surface area contributed by atoms with Crippen molar-refractivity contribution < 1.29 is 24.2 Å². The molecule has 1 aliphatic carbocycles. The monoisotopic (exact) mass is 475 g/mol. The maximum absolute atomic E-state index is 13.7. The highest BCUT2D eigenvalue weighted by atomic mass is 16.6. The van der Waals surface area contributed by atoms with Crippen molar-refractivity contribution >= 4 is 17.9 Å². The van der Waals surface area contributed by atoms with Gasteiger partial charge in [-0.25, -0.2) is 4.79 Å². The Morgan fingerprint density at radius 2 is 1.68 bits per heavy atom. The zero-order chi connectivity index (χ0) is 25.7. The van der Waals surface area contributed by atoms with E-state index in [2.05, 4.69) is 10.6 Å². The number of alkyl carbamates (subject to hydrolysis) is 1. The van der Waals surface area contributed by atoms with Crippen molar-refractivity contribution in [3.63, 3.8) is 0 Å². The molecule has 8 nitrogen and oxygen atoms in total. The standard InChI is InChI=1S/C26H41N3O5/c1-17(27-24(33)34-26(5,6)7)23(32)29(25(2,3)4)21(18-12-11-15-20(30)16-18)22(31)28-19-13-9-8-10-14-19/h11-12,15-17,19,21,30H,8-10,13-14H2,1-7H3,(H,27,33)(H,28,31). The summed E-state index contributed by atoms with van der Waals surface area (Å²) in [5.74, 6) is -0.718. The average Bonchev–Trinajstić information content (AvgIpc) is 2.69. The first-order chi connectivity index (χ1) is 15.7. The summed E-state index contributed by atoms with van der Waals surface area (Å²) in [4.78, 5) is 41.1. The zero-order valence-corrected chi connectivity index (χ0v) is 21.6. The van der Waals surface area contributed by atoms with Crippen molar-refractivity contribution in [2.75, 3.05) is 0 Å². The van der Waals surface area contributed by atoms with Gasteiger partial charge in [-0.2, -0.15) is 0 Å². The second-order valence-electron chi connectivity index (χ2n) is 11.1. The molecule has 0 saturated heterocycles. The molecule has 3 amide bonds. The number of phenolic OH excluding ortho intramolecular Hbond substituents is 1. The number of benzene rings is 1. The minimum absolute atomic E-state index is 0.00852. The highest BCUT2D eigenvalue weighted by Crippen LogP contribution is 2.32. The summed E-state index contributed by atoms with van der Waals surface area (Å²) in [6, 6.07) is 4.54. The summed E-state index contributed by atoms with van der Waals surface area (Å²) in [7, 11) is 0. The molecule has 1 aromatic rings. The van der Waals surface area contributed by atoms with Gasteiger partial charge in [-0.15, -0.1) is 0 Å². The van der Waals surface area contributed by atoms with E-state index in [0.29, 0.717) is 5.56 Å². The number of aromatic hydroxyl groups is 1. The minimum atomic E-state index is -0.982. The number of hydrogen-bond donors (Lipinski definition) is 3. The predicted molar refractivity (Wildman–Crippen MR) is 131 cm³/mol. The van der Waals surface area contributed by atoms with Gasteiger partial charge in [-0.1, -0.05) is 31.4 Å². The van der Waals surface area contributed by atoms with Crippen molar-refractivity contribution in [3.05, 3.63) is 29.8 Å². The van der Waals surface area contributed by atoms with Crippen LogP contribution in [0.5, 0.6) is 5.75 Å². The first kappa shape index (κ1) is 27.5. The van der Waals surface area contributed by atoms with Gasteiger partial charge in [0.1, 0.15) is 23.4 Å². The van der Waals surface area contributed by atoms with Crippen molar-refractivity contribution in [3.8, 4) is 5.75 Å². The van der Waals surface area contributed by atoms with Crippen LogP contribution < -0.4 is 10.6 Å². The van der Waals surface area contributed by atoms with Gasteiger partial charge in [-0.05, 0) is 79.0 Å². The Morgan fingerprint density at radius 1 is 1.06 bits per heavy atom. The molecule has 2 rings (SSSR count). The van der Waals surface area contributed by atoms with E-state index in [4.69, 9.17) is 4.74 Å². The maximum Gasteiger partial charge on any atom is 0.408 e. The van der Waals surface area contributed by atoms with E-state index in [9.17, 15) is 19.5 Å². The molecule has 0 bridgehead atoms. The fraction of sp³-hybridized carbons (Fsp3) is 0.654. The van der Waals surface area contributed by atoms with E-state index >= 15 is 0 Å². The number of nitrogens with zero attached hydrogens (tertiary/aromatic N) is 1. The smallest absolute Gasteiger partial charge is 0.408 e. The number of hydrogen-bond acceptors (Lipinski definition) is 5. The highest BCUT2D eigenvalue weighted by molar-refractivity contribution is 5.92. The van der Waals surface area contributed by atoms with E-state index in [0.717, 1.165) is 32.1 Å². The van der Waals surface area contributed by atoms with Gasteiger partial charge < -0.3 is 25.4 Å². The van der Waals surface area contributed by atoms with Gasteiger partial charge in [0, 0.05) is 11.6 Å². The van der Waals surface area contributed by atoms with Crippen LogP contribution in [0.3, 0.4) is 0 Å². The van der Waals surface area contributed by atoms with Crippen molar-refractivity contribution in [1.82, 2.24) is 15.5 Å². The molecule has 3 N–H and O–H groups in total. The van der Waals surface area contributed by atoms with Crippen molar-refractivity contribution in [2.45, 2.75) is 110 Å². The van der Waals surface area contributed by atoms with Crippen LogP contribution in [0.4, 0.5) is 4.79 Å². The highest BCUT2D eigenvalue weighted by Gasteiger charge is 2.41. The van der Waals surface area contributed by atoms with Crippen molar-refractivity contribution in [2.24, 2.45) is 0 Å². The number of phenols is 1. The predicted octanol–water partition coefficient (Wildman–Crippen LogP) is 4.42. The van der Waals surface area contributed by atoms with Crippen LogP contribution in [0.15, 0.2) is 24.3 Å². The molecular formula is C26H41N3O5. The average molecular weight is 476 g/mol. The Labute approximate surface area is 203 Å². The SMILES string of the molecule is CC(NC(=O)OC(C)(C)C)C(=O)N(C(C(=O)NC1CCCCC1)c1cccc(O)c1)C(C)(C)C. The summed E-state index contributed by atoms with van der Waals surface area (Å²) >= 11 is 0. The van der Waals surface area contributed by atoms with Crippen LogP contribution in [0.1, 0.15) is 92.2 Å². The molecule has 2 atom stereocenters. The second kappa shape index (κ2) is 11.1. The van der Waals surface area contributed by atoms with Crippen LogP contribution in [0, 0.1) is 0 Å². The second-order valence-corrected chi connectivity index (χ2v) is 11.1. The van der Waals surface area contributed by atoms with Gasteiger partial charge in [0.15, 0.2) is 0 Å². The van der Waals surface area contributed by atoms with Gasteiger partial charge in [0.25, 0.3) is 0 Å². The molecule has 0 heterocycles. The molecule has 1 fully saturated rings. The molecule has 0 aliphatic heterocycles. The molecule has 1 aromatic carbocycles. The van der Waals surface area contributed by atoms with E-state index in [1.165, 1.54) is 17.0 Å². The molecule has 0 radical (unpaired) electrons. The minimum Gasteiger partial charge on any atom is -0.508 e. The summed E-state index contributed by atoms with van der Waals surface area (Å²) in [6.45, 7) is 12.3. The topological polar surface area (TPSA) is 108 Å².